The molecule has 0 saturated carbocycles. The largest absolute Gasteiger partial charge is 0.479 e. The van der Waals surface area contributed by atoms with Crippen molar-refractivity contribution in [1.82, 2.24) is 4.98 Å². The summed E-state index contributed by atoms with van der Waals surface area (Å²) in [6.45, 7) is 3.26. The Labute approximate surface area is 178 Å². The molecule has 1 fully saturated rings. The van der Waals surface area contributed by atoms with E-state index < -0.39 is 6.10 Å². The predicted octanol–water partition coefficient (Wildman–Crippen LogP) is 3.87. The number of amides is 2. The Kier molecular flexibility index (Phi) is 4.78. The van der Waals surface area contributed by atoms with Gasteiger partial charge in [-0.3, -0.25) is 9.59 Å². The van der Waals surface area contributed by atoms with E-state index in [9.17, 15) is 9.59 Å². The van der Waals surface area contributed by atoms with E-state index in [0.717, 1.165) is 34.7 Å². The lowest BCUT2D eigenvalue weighted by Gasteiger charge is -2.31. The smallest absolute Gasteiger partial charge is 0.265 e. The highest BCUT2D eigenvalue weighted by atomic mass is 32.1. The van der Waals surface area contributed by atoms with E-state index in [1.54, 1.807) is 36.5 Å². The van der Waals surface area contributed by atoms with Gasteiger partial charge in [0, 0.05) is 18.8 Å². The number of fused-ring (bicyclic) bond motifs is 2. The minimum Gasteiger partial charge on any atom is -0.479 e. The second kappa shape index (κ2) is 7.60. The maximum absolute atomic E-state index is 12.9. The number of nitrogens with one attached hydrogen (secondary N) is 2. The minimum atomic E-state index is -0.520. The first kappa shape index (κ1) is 18.9. The summed E-state index contributed by atoms with van der Waals surface area (Å²) >= 11 is 1.67. The molecule has 0 radical (unpaired) electrons. The number of benzene rings is 2. The van der Waals surface area contributed by atoms with Crippen LogP contribution in [0.3, 0.4) is 0 Å². The molecule has 2 aliphatic rings. The van der Waals surface area contributed by atoms with Crippen LogP contribution in [0.25, 0.3) is 10.2 Å². The summed E-state index contributed by atoms with van der Waals surface area (Å²) in [5.41, 5.74) is 2.22. The molecular weight excluding hydrogens is 400 g/mol. The summed E-state index contributed by atoms with van der Waals surface area (Å²) in [5.74, 6) is 0.286. The van der Waals surface area contributed by atoms with Gasteiger partial charge in [0.1, 0.15) is 5.75 Å². The highest BCUT2D eigenvalue weighted by Crippen LogP contribution is 2.34. The molecule has 30 heavy (non-hydrogen) atoms. The van der Waals surface area contributed by atoms with E-state index in [0.29, 0.717) is 23.7 Å². The molecule has 2 amide bonds. The van der Waals surface area contributed by atoms with Gasteiger partial charge in [0.25, 0.3) is 5.91 Å². The molecule has 3 aromatic rings. The van der Waals surface area contributed by atoms with Crippen LogP contribution >= 0.6 is 11.3 Å². The lowest BCUT2D eigenvalue weighted by molar-refractivity contribution is -0.122. The molecule has 2 N–H and O–H groups in total. The van der Waals surface area contributed by atoms with Crippen LogP contribution in [-0.4, -0.2) is 36.0 Å². The number of para-hydroxylation sites is 1. The Morgan fingerprint density at radius 2 is 2.17 bits per heavy atom. The van der Waals surface area contributed by atoms with E-state index >= 15 is 0 Å². The third-order valence-corrected chi connectivity index (χ3v) is 6.62. The summed E-state index contributed by atoms with van der Waals surface area (Å²) in [7, 11) is 0. The molecule has 2 aromatic carbocycles. The van der Waals surface area contributed by atoms with Crippen LogP contribution in [0, 0.1) is 5.92 Å². The van der Waals surface area contributed by atoms with Crippen molar-refractivity contribution in [1.29, 1.82) is 0 Å². The summed E-state index contributed by atoms with van der Waals surface area (Å²) in [6, 6.07) is 13.4. The number of aromatic nitrogens is 1. The fourth-order valence-corrected chi connectivity index (χ4v) is 4.89. The van der Waals surface area contributed by atoms with E-state index in [1.807, 2.05) is 18.2 Å². The molecular formula is C22H22N4O3S. The molecule has 3 heterocycles. The van der Waals surface area contributed by atoms with Gasteiger partial charge in [-0.05, 0) is 50.1 Å². The topological polar surface area (TPSA) is 83.6 Å². The highest BCUT2D eigenvalue weighted by molar-refractivity contribution is 7.22. The monoisotopic (exact) mass is 422 g/mol. The van der Waals surface area contributed by atoms with Crippen molar-refractivity contribution in [2.75, 3.05) is 28.6 Å². The Hall–Kier alpha value is -3.13. The van der Waals surface area contributed by atoms with Gasteiger partial charge in [0.2, 0.25) is 5.91 Å². The molecule has 1 saturated heterocycles. The molecule has 1 aromatic heterocycles. The summed E-state index contributed by atoms with van der Waals surface area (Å²) < 4.78 is 6.73. The van der Waals surface area contributed by atoms with Gasteiger partial charge >= 0.3 is 0 Å². The van der Waals surface area contributed by atoms with Gasteiger partial charge in [-0.25, -0.2) is 4.98 Å². The minimum absolute atomic E-state index is 0.0165. The average Bonchev–Trinajstić information content (AvgIpc) is 3.19. The fraction of sp³-hybridized carbons (Fsp3) is 0.318. The van der Waals surface area contributed by atoms with Crippen LogP contribution in [0.15, 0.2) is 42.5 Å². The van der Waals surface area contributed by atoms with E-state index in [-0.39, 0.29) is 17.7 Å². The zero-order valence-corrected chi connectivity index (χ0v) is 17.4. The lowest BCUT2D eigenvalue weighted by Crippen LogP contribution is -2.40. The lowest BCUT2D eigenvalue weighted by atomic mass is 9.97. The zero-order valence-electron chi connectivity index (χ0n) is 16.6. The molecule has 2 aliphatic heterocycles. The number of ether oxygens (including phenoxy) is 1. The number of hydrogen-bond acceptors (Lipinski definition) is 6. The van der Waals surface area contributed by atoms with Crippen molar-refractivity contribution in [2.24, 2.45) is 5.92 Å². The zero-order chi connectivity index (χ0) is 20.7. The molecule has 0 bridgehead atoms. The Bertz CT molecular complexity index is 1100. The molecule has 0 aliphatic carbocycles. The second-order valence-electron chi connectivity index (χ2n) is 7.70. The van der Waals surface area contributed by atoms with E-state index in [1.165, 1.54) is 0 Å². The van der Waals surface area contributed by atoms with E-state index in [2.05, 4.69) is 21.6 Å². The normalized spacial score (nSPS) is 21.0. The van der Waals surface area contributed by atoms with Gasteiger partial charge in [-0.15, -0.1) is 0 Å². The summed E-state index contributed by atoms with van der Waals surface area (Å²) in [5, 5.41) is 6.78. The van der Waals surface area contributed by atoms with Crippen LogP contribution in [-0.2, 0) is 9.59 Å². The molecule has 8 heteroatoms. The van der Waals surface area contributed by atoms with E-state index in [4.69, 9.17) is 9.72 Å². The number of hydrogen-bond donors (Lipinski definition) is 2. The predicted molar refractivity (Wildman–Crippen MR) is 118 cm³/mol. The maximum atomic E-state index is 12.9. The van der Waals surface area contributed by atoms with Crippen LogP contribution in [0.2, 0.25) is 0 Å². The highest BCUT2D eigenvalue weighted by Gasteiger charge is 2.28. The molecule has 2 atom stereocenters. The van der Waals surface area contributed by atoms with Gasteiger partial charge in [0.15, 0.2) is 11.2 Å². The number of anilines is 3. The van der Waals surface area contributed by atoms with Gasteiger partial charge in [-0.2, -0.15) is 0 Å². The first-order valence-corrected chi connectivity index (χ1v) is 10.9. The second-order valence-corrected chi connectivity index (χ2v) is 8.71. The number of rotatable bonds is 3. The first-order chi connectivity index (χ1) is 14.6. The maximum Gasteiger partial charge on any atom is 0.265 e. The first-order valence-electron chi connectivity index (χ1n) is 10.1. The summed E-state index contributed by atoms with van der Waals surface area (Å²) in [6.07, 6.45) is 1.27. The molecule has 0 spiro atoms. The number of piperidine rings is 1. The van der Waals surface area contributed by atoms with Crippen molar-refractivity contribution in [3.63, 3.8) is 0 Å². The van der Waals surface area contributed by atoms with Crippen molar-refractivity contribution in [3.8, 4) is 5.75 Å². The van der Waals surface area contributed by atoms with Crippen LogP contribution in [0.4, 0.5) is 16.5 Å². The van der Waals surface area contributed by atoms with Crippen molar-refractivity contribution >= 4 is 49.9 Å². The Morgan fingerprint density at radius 3 is 3.03 bits per heavy atom. The van der Waals surface area contributed by atoms with Gasteiger partial charge in [-0.1, -0.05) is 23.5 Å². The van der Waals surface area contributed by atoms with Gasteiger partial charge in [0.05, 0.1) is 21.8 Å². The quantitative estimate of drug-likeness (QED) is 0.669. The summed E-state index contributed by atoms with van der Waals surface area (Å²) in [4.78, 5) is 31.7. The van der Waals surface area contributed by atoms with Crippen molar-refractivity contribution in [3.05, 3.63) is 42.5 Å². The van der Waals surface area contributed by atoms with Crippen LogP contribution in [0.1, 0.15) is 19.8 Å². The Balaban J connectivity index is 1.28. The number of thiazole rings is 1. The Morgan fingerprint density at radius 1 is 1.30 bits per heavy atom. The molecule has 154 valence electrons. The van der Waals surface area contributed by atoms with Crippen molar-refractivity contribution < 1.29 is 14.3 Å². The molecule has 0 unspecified atom stereocenters. The van der Waals surface area contributed by atoms with Gasteiger partial charge < -0.3 is 20.3 Å². The number of carbonyl (C=O) groups excluding carboxylic acids is 2. The third kappa shape index (κ3) is 3.59. The molecule has 7 nitrogen and oxygen atoms in total. The standard InChI is InChI=1S/C22H22N4O3S/c1-13-20(27)24-17-11-15(8-9-18(17)29-13)23-21(28)14-5-4-10-26(12-14)22-25-16-6-2-3-7-19(16)30-22/h2-3,6-9,11,13-14H,4-5,10,12H2,1H3,(H,23,28)(H,24,27)/t13-,14+/m0/s1. The average molecular weight is 423 g/mol. The third-order valence-electron chi connectivity index (χ3n) is 5.52. The van der Waals surface area contributed by atoms with Crippen molar-refractivity contribution in [2.45, 2.75) is 25.9 Å². The number of carbonyl (C=O) groups is 2. The van der Waals surface area contributed by atoms with Crippen LogP contribution in [0.5, 0.6) is 5.75 Å². The van der Waals surface area contributed by atoms with Crippen LogP contribution < -0.4 is 20.3 Å². The fourth-order valence-electron chi connectivity index (χ4n) is 3.89. The molecule has 5 rings (SSSR count). The SMILES string of the molecule is C[C@@H]1Oc2ccc(NC(=O)[C@@H]3CCCN(c4nc5ccccc5s4)C3)cc2NC1=O. The number of nitrogens with zero attached hydrogens (tertiary/aromatic N) is 2.